The average molecular weight is 249 g/mol. The lowest BCUT2D eigenvalue weighted by molar-refractivity contribution is 0.0659. The first-order valence-electron chi connectivity index (χ1n) is 7.15. The average Bonchev–Trinajstić information content (AvgIpc) is 2.41. The summed E-state index contributed by atoms with van der Waals surface area (Å²) >= 11 is 0. The van der Waals surface area contributed by atoms with Crippen molar-refractivity contribution in [3.05, 3.63) is 35.9 Å². The molecule has 0 aromatic heterocycles. The molecule has 1 aromatic carbocycles. The SMILES string of the molecule is CCC(CC)NCC(C)OCCc1ccccc1. The van der Waals surface area contributed by atoms with E-state index in [0.717, 1.165) is 19.6 Å². The number of hydrogen-bond donors (Lipinski definition) is 1. The molecule has 1 unspecified atom stereocenters. The standard InChI is InChI=1S/C16H27NO/c1-4-16(5-2)17-13-14(3)18-12-11-15-9-7-6-8-10-15/h6-10,14,16-17H,4-5,11-13H2,1-3H3. The molecule has 0 fully saturated rings. The van der Waals surface area contributed by atoms with Crippen LogP contribution in [0.5, 0.6) is 0 Å². The molecule has 0 amide bonds. The molecule has 0 heterocycles. The van der Waals surface area contributed by atoms with Crippen LogP contribution in [0.3, 0.4) is 0 Å². The van der Waals surface area contributed by atoms with Crippen LogP contribution in [0.25, 0.3) is 0 Å². The Morgan fingerprint density at radius 3 is 2.39 bits per heavy atom. The van der Waals surface area contributed by atoms with Gasteiger partial charge in [-0.3, -0.25) is 0 Å². The minimum atomic E-state index is 0.286. The molecule has 0 bridgehead atoms. The number of ether oxygens (including phenoxy) is 1. The zero-order chi connectivity index (χ0) is 13.2. The molecule has 0 spiro atoms. The Hall–Kier alpha value is -0.860. The van der Waals surface area contributed by atoms with E-state index in [1.165, 1.54) is 18.4 Å². The number of hydrogen-bond acceptors (Lipinski definition) is 2. The van der Waals surface area contributed by atoms with E-state index in [0.29, 0.717) is 6.04 Å². The second kappa shape index (κ2) is 9.12. The fourth-order valence-electron chi connectivity index (χ4n) is 1.99. The van der Waals surface area contributed by atoms with Gasteiger partial charge in [-0.25, -0.2) is 0 Å². The summed E-state index contributed by atoms with van der Waals surface area (Å²) in [5.74, 6) is 0. The minimum absolute atomic E-state index is 0.286. The summed E-state index contributed by atoms with van der Waals surface area (Å²) in [6.07, 6.45) is 3.66. The van der Waals surface area contributed by atoms with Crippen LogP contribution in [0, 0.1) is 0 Å². The smallest absolute Gasteiger partial charge is 0.0671 e. The highest BCUT2D eigenvalue weighted by Crippen LogP contribution is 2.02. The molecule has 2 nitrogen and oxygen atoms in total. The maximum atomic E-state index is 5.82. The molecule has 0 aliphatic heterocycles. The highest BCUT2D eigenvalue weighted by Gasteiger charge is 2.06. The van der Waals surface area contributed by atoms with Gasteiger partial charge in [-0.15, -0.1) is 0 Å². The van der Waals surface area contributed by atoms with Crippen LogP contribution >= 0.6 is 0 Å². The maximum absolute atomic E-state index is 5.82. The molecule has 0 saturated heterocycles. The van der Waals surface area contributed by atoms with E-state index < -0.39 is 0 Å². The lowest BCUT2D eigenvalue weighted by atomic mass is 10.1. The third-order valence-corrected chi connectivity index (χ3v) is 3.32. The van der Waals surface area contributed by atoms with E-state index in [4.69, 9.17) is 4.74 Å². The van der Waals surface area contributed by atoms with Gasteiger partial charge in [0.2, 0.25) is 0 Å². The van der Waals surface area contributed by atoms with Crippen molar-refractivity contribution in [3.8, 4) is 0 Å². The van der Waals surface area contributed by atoms with E-state index >= 15 is 0 Å². The lowest BCUT2D eigenvalue weighted by Gasteiger charge is -2.19. The molecule has 1 rings (SSSR count). The second-order valence-electron chi connectivity index (χ2n) is 4.84. The zero-order valence-corrected chi connectivity index (χ0v) is 12.0. The largest absolute Gasteiger partial charge is 0.377 e. The fourth-order valence-corrected chi connectivity index (χ4v) is 1.99. The molecular formula is C16H27NO. The van der Waals surface area contributed by atoms with Crippen molar-refractivity contribution in [1.29, 1.82) is 0 Å². The lowest BCUT2D eigenvalue weighted by Crippen LogP contribution is -2.35. The molecular weight excluding hydrogens is 222 g/mol. The van der Waals surface area contributed by atoms with Crippen molar-refractivity contribution < 1.29 is 4.74 Å². The predicted octanol–water partition coefficient (Wildman–Crippen LogP) is 3.41. The van der Waals surface area contributed by atoms with Gasteiger partial charge < -0.3 is 10.1 Å². The Balaban J connectivity index is 2.12. The van der Waals surface area contributed by atoms with Gasteiger partial charge >= 0.3 is 0 Å². The van der Waals surface area contributed by atoms with Crippen LogP contribution in [0.15, 0.2) is 30.3 Å². The van der Waals surface area contributed by atoms with E-state index in [2.05, 4.69) is 50.4 Å². The second-order valence-corrected chi connectivity index (χ2v) is 4.84. The summed E-state index contributed by atoms with van der Waals surface area (Å²) in [7, 11) is 0. The molecule has 0 aliphatic carbocycles. The summed E-state index contributed by atoms with van der Waals surface area (Å²) in [5.41, 5.74) is 1.35. The van der Waals surface area contributed by atoms with Gasteiger partial charge in [-0.1, -0.05) is 44.2 Å². The van der Waals surface area contributed by atoms with E-state index in [1.807, 2.05) is 6.07 Å². The normalized spacial score (nSPS) is 12.9. The Labute approximate surface area is 112 Å². The molecule has 1 aromatic rings. The predicted molar refractivity (Wildman–Crippen MR) is 77.9 cm³/mol. The first kappa shape index (κ1) is 15.2. The van der Waals surface area contributed by atoms with Crippen LogP contribution in [0.2, 0.25) is 0 Å². The van der Waals surface area contributed by atoms with Crippen molar-refractivity contribution >= 4 is 0 Å². The van der Waals surface area contributed by atoms with Crippen LogP contribution < -0.4 is 5.32 Å². The summed E-state index contributed by atoms with van der Waals surface area (Å²) in [6.45, 7) is 8.33. The fraction of sp³-hybridized carbons (Fsp3) is 0.625. The van der Waals surface area contributed by atoms with Crippen molar-refractivity contribution in [2.75, 3.05) is 13.2 Å². The summed E-state index contributed by atoms with van der Waals surface area (Å²) in [6, 6.07) is 11.1. The van der Waals surface area contributed by atoms with E-state index in [1.54, 1.807) is 0 Å². The first-order chi connectivity index (χ1) is 8.76. The Bertz CT molecular complexity index is 295. The molecule has 1 N–H and O–H groups in total. The van der Waals surface area contributed by atoms with Gasteiger partial charge in [0.25, 0.3) is 0 Å². The highest BCUT2D eigenvalue weighted by atomic mass is 16.5. The number of rotatable bonds is 9. The molecule has 102 valence electrons. The van der Waals surface area contributed by atoms with Gasteiger partial charge in [-0.05, 0) is 31.7 Å². The monoisotopic (exact) mass is 249 g/mol. The van der Waals surface area contributed by atoms with Crippen molar-refractivity contribution in [1.82, 2.24) is 5.32 Å². The molecule has 0 saturated carbocycles. The summed E-state index contributed by atoms with van der Waals surface area (Å²) in [5, 5.41) is 3.54. The first-order valence-corrected chi connectivity index (χ1v) is 7.15. The van der Waals surface area contributed by atoms with E-state index in [-0.39, 0.29) is 6.10 Å². The van der Waals surface area contributed by atoms with Gasteiger partial charge in [0.05, 0.1) is 12.7 Å². The van der Waals surface area contributed by atoms with E-state index in [9.17, 15) is 0 Å². The molecule has 1 atom stereocenters. The van der Waals surface area contributed by atoms with Gasteiger partial charge in [0.1, 0.15) is 0 Å². The van der Waals surface area contributed by atoms with Crippen molar-refractivity contribution in [2.24, 2.45) is 0 Å². The topological polar surface area (TPSA) is 21.3 Å². The van der Waals surface area contributed by atoms with Crippen LogP contribution in [0.4, 0.5) is 0 Å². The molecule has 0 aliphatic rings. The summed E-state index contributed by atoms with van der Waals surface area (Å²) in [4.78, 5) is 0. The third kappa shape index (κ3) is 6.18. The van der Waals surface area contributed by atoms with Gasteiger partial charge in [-0.2, -0.15) is 0 Å². The third-order valence-electron chi connectivity index (χ3n) is 3.32. The number of benzene rings is 1. The van der Waals surface area contributed by atoms with Crippen LogP contribution in [-0.2, 0) is 11.2 Å². The highest BCUT2D eigenvalue weighted by molar-refractivity contribution is 5.14. The Morgan fingerprint density at radius 1 is 1.11 bits per heavy atom. The maximum Gasteiger partial charge on any atom is 0.0671 e. The summed E-state index contributed by atoms with van der Waals surface area (Å²) < 4.78 is 5.82. The van der Waals surface area contributed by atoms with Crippen molar-refractivity contribution in [2.45, 2.75) is 52.2 Å². The molecule has 2 heteroatoms. The minimum Gasteiger partial charge on any atom is -0.377 e. The zero-order valence-electron chi connectivity index (χ0n) is 12.0. The van der Waals surface area contributed by atoms with Crippen molar-refractivity contribution in [3.63, 3.8) is 0 Å². The number of nitrogens with one attached hydrogen (secondary N) is 1. The van der Waals surface area contributed by atoms with Crippen LogP contribution in [0.1, 0.15) is 39.2 Å². The van der Waals surface area contributed by atoms with Crippen LogP contribution in [-0.4, -0.2) is 25.3 Å². The van der Waals surface area contributed by atoms with Gasteiger partial charge in [0.15, 0.2) is 0 Å². The molecule has 0 radical (unpaired) electrons. The Morgan fingerprint density at radius 2 is 1.78 bits per heavy atom. The molecule has 18 heavy (non-hydrogen) atoms. The Kier molecular flexibility index (Phi) is 7.70. The quantitative estimate of drug-likeness (QED) is 0.724. The van der Waals surface area contributed by atoms with Gasteiger partial charge in [0, 0.05) is 12.6 Å².